The number of rotatable bonds is 8. The first kappa shape index (κ1) is 21.4. The third-order valence-corrected chi connectivity index (χ3v) is 5.64. The summed E-state index contributed by atoms with van der Waals surface area (Å²) in [5.41, 5.74) is 1.50. The van der Waals surface area contributed by atoms with Crippen LogP contribution in [0.25, 0.3) is 0 Å². The number of hydrogen-bond acceptors (Lipinski definition) is 3. The third-order valence-electron chi connectivity index (χ3n) is 4.12. The zero-order chi connectivity index (χ0) is 19.8. The smallest absolute Gasteiger partial charge is 0.242 e. The van der Waals surface area contributed by atoms with E-state index in [0.29, 0.717) is 11.3 Å². The van der Waals surface area contributed by atoms with Gasteiger partial charge in [0.1, 0.15) is 11.9 Å². The Labute approximate surface area is 171 Å². The molecule has 0 fully saturated rings. The van der Waals surface area contributed by atoms with Crippen LogP contribution in [0, 0.1) is 5.82 Å². The summed E-state index contributed by atoms with van der Waals surface area (Å²) >= 11 is 4.86. The van der Waals surface area contributed by atoms with E-state index < -0.39 is 6.04 Å². The van der Waals surface area contributed by atoms with Crippen molar-refractivity contribution >= 4 is 39.5 Å². The molecule has 2 rings (SSSR count). The number of likely N-dealkylation sites (N-methyl/N-ethyl adjacent to an activating group) is 1. The van der Waals surface area contributed by atoms with Crippen molar-refractivity contribution in [3.05, 3.63) is 69.9 Å². The van der Waals surface area contributed by atoms with E-state index in [9.17, 15) is 14.0 Å². The van der Waals surface area contributed by atoms with Crippen molar-refractivity contribution in [2.75, 3.05) is 12.8 Å². The number of nitrogens with zero attached hydrogens (tertiary/aromatic N) is 1. The molecule has 2 amide bonds. The van der Waals surface area contributed by atoms with Gasteiger partial charge < -0.3 is 10.2 Å². The van der Waals surface area contributed by atoms with Crippen LogP contribution in [0.4, 0.5) is 4.39 Å². The number of carbonyl (C=O) groups is 2. The largest absolute Gasteiger partial charge is 0.357 e. The van der Waals surface area contributed by atoms with Gasteiger partial charge in [-0.25, -0.2) is 4.39 Å². The average Bonchev–Trinajstić information content (AvgIpc) is 2.67. The molecule has 1 atom stereocenters. The topological polar surface area (TPSA) is 49.4 Å². The number of halogens is 2. The average molecular weight is 453 g/mol. The maximum absolute atomic E-state index is 14.0. The molecule has 0 saturated heterocycles. The number of amides is 2. The monoisotopic (exact) mass is 452 g/mol. The van der Waals surface area contributed by atoms with Crippen molar-refractivity contribution in [2.45, 2.75) is 25.3 Å². The van der Waals surface area contributed by atoms with Crippen LogP contribution in [-0.4, -0.2) is 35.6 Å². The Kier molecular flexibility index (Phi) is 8.31. The minimum atomic E-state index is -0.685. The first-order valence-corrected chi connectivity index (χ1v) is 10.4. The number of hydrogen-bond donors (Lipinski definition) is 1. The molecule has 0 spiro atoms. The molecular weight excluding hydrogens is 431 g/mol. The fourth-order valence-corrected chi connectivity index (χ4v) is 3.66. The normalized spacial score (nSPS) is 11.7. The second kappa shape index (κ2) is 10.5. The minimum Gasteiger partial charge on any atom is -0.357 e. The van der Waals surface area contributed by atoms with Crippen molar-refractivity contribution in [3.63, 3.8) is 0 Å². The number of carbonyl (C=O) groups excluding carboxylic acids is 2. The Hall–Kier alpha value is -1.86. The summed E-state index contributed by atoms with van der Waals surface area (Å²) in [6, 6.07) is 13.5. The summed E-state index contributed by atoms with van der Waals surface area (Å²) < 4.78 is 15.0. The molecule has 0 aromatic heterocycles. The molecule has 4 nitrogen and oxygen atoms in total. The molecule has 0 heterocycles. The molecule has 0 bridgehead atoms. The highest BCUT2D eigenvalue weighted by Crippen LogP contribution is 2.18. The van der Waals surface area contributed by atoms with Crippen LogP contribution in [0.1, 0.15) is 18.1 Å². The highest BCUT2D eigenvalue weighted by Gasteiger charge is 2.26. The zero-order valence-electron chi connectivity index (χ0n) is 15.2. The van der Waals surface area contributed by atoms with Gasteiger partial charge in [-0.1, -0.05) is 46.3 Å². The molecule has 1 N–H and O–H groups in total. The number of thioether (sulfide) groups is 1. The van der Waals surface area contributed by atoms with Gasteiger partial charge in [0.05, 0.1) is 5.75 Å². The van der Waals surface area contributed by atoms with Crippen molar-refractivity contribution < 1.29 is 14.0 Å². The van der Waals surface area contributed by atoms with Gasteiger partial charge in [0.15, 0.2) is 0 Å². The fraction of sp³-hybridized carbons (Fsp3) is 0.300. The molecular formula is C20H22BrFN2O2S. The molecule has 7 heteroatoms. The van der Waals surface area contributed by atoms with E-state index in [4.69, 9.17) is 0 Å². The van der Waals surface area contributed by atoms with Crippen molar-refractivity contribution in [2.24, 2.45) is 0 Å². The van der Waals surface area contributed by atoms with Gasteiger partial charge in [-0.15, -0.1) is 11.8 Å². The lowest BCUT2D eigenvalue weighted by atomic mass is 10.1. The maximum Gasteiger partial charge on any atom is 0.242 e. The third kappa shape index (κ3) is 6.36. The molecule has 0 saturated carbocycles. The minimum absolute atomic E-state index is 0.0545. The van der Waals surface area contributed by atoms with Gasteiger partial charge in [0.25, 0.3) is 0 Å². The highest BCUT2D eigenvalue weighted by molar-refractivity contribution is 9.10. The van der Waals surface area contributed by atoms with Crippen LogP contribution >= 0.6 is 27.7 Å². The van der Waals surface area contributed by atoms with E-state index in [-0.39, 0.29) is 29.9 Å². The van der Waals surface area contributed by atoms with Crippen LogP contribution in [0.5, 0.6) is 0 Å². The predicted octanol–water partition coefficient (Wildman–Crippen LogP) is 3.98. The number of nitrogens with one attached hydrogen (secondary N) is 1. The van der Waals surface area contributed by atoms with Crippen molar-refractivity contribution in [1.82, 2.24) is 10.2 Å². The van der Waals surface area contributed by atoms with E-state index in [1.807, 2.05) is 24.3 Å². The fourth-order valence-electron chi connectivity index (χ4n) is 2.52. The first-order chi connectivity index (χ1) is 12.9. The zero-order valence-corrected chi connectivity index (χ0v) is 17.6. The van der Waals surface area contributed by atoms with E-state index in [2.05, 4.69) is 21.2 Å². The van der Waals surface area contributed by atoms with Crippen LogP contribution in [0.2, 0.25) is 0 Å². The summed E-state index contributed by atoms with van der Waals surface area (Å²) in [7, 11) is 1.52. The number of benzene rings is 2. The second-order valence-corrected chi connectivity index (χ2v) is 7.92. The Bertz CT molecular complexity index is 786. The quantitative estimate of drug-likeness (QED) is 0.658. The molecule has 0 radical (unpaired) electrons. The van der Waals surface area contributed by atoms with E-state index in [0.717, 1.165) is 10.0 Å². The molecule has 0 aliphatic carbocycles. The summed E-state index contributed by atoms with van der Waals surface area (Å²) in [6.07, 6.45) is 0. The SMILES string of the molecule is CNC(=O)[C@H](C)N(Cc1ccccc1F)C(=O)CSCc1ccc(Br)cc1. The predicted molar refractivity (Wildman–Crippen MR) is 111 cm³/mol. The van der Waals surface area contributed by atoms with Crippen LogP contribution in [0.15, 0.2) is 53.0 Å². The Morgan fingerprint density at radius 1 is 1.19 bits per heavy atom. The summed E-state index contributed by atoms with van der Waals surface area (Å²) in [5, 5.41) is 2.55. The van der Waals surface area contributed by atoms with E-state index in [1.54, 1.807) is 25.1 Å². The van der Waals surface area contributed by atoms with Crippen molar-refractivity contribution in [1.29, 1.82) is 0 Å². The van der Waals surface area contributed by atoms with Gasteiger partial charge in [0, 0.05) is 29.4 Å². The Balaban J connectivity index is 2.04. The summed E-state index contributed by atoms with van der Waals surface area (Å²) in [4.78, 5) is 26.2. The summed E-state index contributed by atoms with van der Waals surface area (Å²) in [5.74, 6) is 0.0308. The van der Waals surface area contributed by atoms with E-state index >= 15 is 0 Å². The lowest BCUT2D eigenvalue weighted by Gasteiger charge is -2.28. The Morgan fingerprint density at radius 2 is 1.85 bits per heavy atom. The van der Waals surface area contributed by atoms with E-state index in [1.165, 1.54) is 29.8 Å². The molecule has 0 unspecified atom stereocenters. The van der Waals surface area contributed by atoms with Gasteiger partial charge in [-0.05, 0) is 30.7 Å². The van der Waals surface area contributed by atoms with Gasteiger partial charge in [-0.3, -0.25) is 9.59 Å². The molecule has 2 aromatic rings. The van der Waals surface area contributed by atoms with Crippen molar-refractivity contribution in [3.8, 4) is 0 Å². The summed E-state index contributed by atoms with van der Waals surface area (Å²) in [6.45, 7) is 1.70. The standard InChI is InChI=1S/C20H22BrFN2O2S/c1-14(20(26)23-2)24(11-16-5-3-4-6-18(16)22)19(25)13-27-12-15-7-9-17(21)10-8-15/h3-10,14H,11-13H2,1-2H3,(H,23,26)/t14-/m0/s1. The van der Waals surface area contributed by atoms with Gasteiger partial charge >= 0.3 is 0 Å². The molecule has 2 aromatic carbocycles. The molecule has 27 heavy (non-hydrogen) atoms. The van der Waals surface area contributed by atoms with Crippen LogP contribution in [0.3, 0.4) is 0 Å². The molecule has 144 valence electrons. The lowest BCUT2D eigenvalue weighted by molar-refractivity contribution is -0.138. The maximum atomic E-state index is 14.0. The van der Waals surface area contributed by atoms with Gasteiger partial charge in [-0.2, -0.15) is 0 Å². The molecule has 0 aliphatic rings. The molecule has 0 aliphatic heterocycles. The van der Waals surface area contributed by atoms with Crippen LogP contribution in [-0.2, 0) is 21.9 Å². The van der Waals surface area contributed by atoms with Gasteiger partial charge in [0.2, 0.25) is 11.8 Å². The first-order valence-electron chi connectivity index (χ1n) is 8.49. The lowest BCUT2D eigenvalue weighted by Crippen LogP contribution is -2.47. The Morgan fingerprint density at radius 3 is 2.48 bits per heavy atom. The highest BCUT2D eigenvalue weighted by atomic mass is 79.9. The second-order valence-electron chi connectivity index (χ2n) is 6.02. The van der Waals surface area contributed by atoms with Crippen LogP contribution < -0.4 is 5.32 Å².